The van der Waals surface area contributed by atoms with E-state index in [1.807, 2.05) is 30.5 Å². The van der Waals surface area contributed by atoms with Gasteiger partial charge in [0.1, 0.15) is 5.52 Å². The van der Waals surface area contributed by atoms with E-state index in [-0.39, 0.29) is 18.7 Å². The lowest BCUT2D eigenvalue weighted by Crippen LogP contribution is -2.22. The first-order valence-electron chi connectivity index (χ1n) is 11.7. The molecule has 2 N–H and O–H groups in total. The highest BCUT2D eigenvalue weighted by atomic mass is 16.5. The fourth-order valence-corrected chi connectivity index (χ4v) is 4.31. The number of carbonyl (C=O) groups is 1. The first kappa shape index (κ1) is 23.6. The quantitative estimate of drug-likeness (QED) is 0.377. The van der Waals surface area contributed by atoms with E-state index in [9.17, 15) is 4.79 Å². The minimum absolute atomic E-state index is 0.0762. The third-order valence-electron chi connectivity index (χ3n) is 6.02. The van der Waals surface area contributed by atoms with Gasteiger partial charge in [-0.3, -0.25) is 15.2 Å². The number of nitrogens with zero attached hydrogens (tertiary/aromatic N) is 5. The van der Waals surface area contributed by atoms with E-state index in [1.165, 1.54) is 0 Å². The minimum Gasteiger partial charge on any atom is -0.450 e. The number of amides is 1. The number of aromatic amines is 1. The molecule has 4 heterocycles. The molecule has 0 bridgehead atoms. The van der Waals surface area contributed by atoms with Crippen LogP contribution in [0.25, 0.3) is 33.5 Å². The Kier molecular flexibility index (Phi) is 6.70. The average molecular weight is 486 g/mol. The normalized spacial score (nSPS) is 15.9. The number of rotatable bonds is 7. The summed E-state index contributed by atoms with van der Waals surface area (Å²) in [4.78, 5) is 35.4. The van der Waals surface area contributed by atoms with E-state index in [0.717, 1.165) is 53.1 Å². The number of hydrogen-bond acceptors (Lipinski definition) is 8. The van der Waals surface area contributed by atoms with Gasteiger partial charge in [-0.05, 0) is 42.3 Å². The molecule has 1 aliphatic heterocycles. The van der Waals surface area contributed by atoms with E-state index >= 15 is 0 Å². The van der Waals surface area contributed by atoms with Crippen molar-refractivity contribution in [1.29, 1.82) is 0 Å². The highest BCUT2D eigenvalue weighted by molar-refractivity contribution is 5.96. The van der Waals surface area contributed by atoms with Crippen LogP contribution in [0.2, 0.25) is 0 Å². The number of pyridine rings is 1. The van der Waals surface area contributed by atoms with Crippen LogP contribution in [0.15, 0.2) is 61.1 Å². The monoisotopic (exact) mass is 485 g/mol. The van der Waals surface area contributed by atoms with E-state index in [4.69, 9.17) is 14.5 Å². The molecule has 0 aliphatic carbocycles. The molecular weight excluding hydrogens is 458 g/mol. The van der Waals surface area contributed by atoms with Gasteiger partial charge in [0.25, 0.3) is 0 Å². The summed E-state index contributed by atoms with van der Waals surface area (Å²) in [6.07, 6.45) is 4.73. The van der Waals surface area contributed by atoms with Gasteiger partial charge in [0, 0.05) is 56.5 Å². The highest BCUT2D eigenvalue weighted by Crippen LogP contribution is 2.32. The third kappa shape index (κ3) is 4.95. The molecule has 10 nitrogen and oxygen atoms in total. The summed E-state index contributed by atoms with van der Waals surface area (Å²) in [6, 6.07) is 9.79. The van der Waals surface area contributed by atoms with E-state index in [1.54, 1.807) is 32.5 Å². The van der Waals surface area contributed by atoms with Gasteiger partial charge in [0.2, 0.25) is 5.95 Å². The standard InChI is InChI=1S/C26H27N7O3/c1-4-36-26(34)32-25-30-21-11-18(10-20(23(21)31-25)24-27-8-5-9-28-24)17-6-7-19(29-12-17)14-33-13-16(2)22(15-33)35-3/h5-12,22H,2,4,13-15H2,1,3H3,(H2,30,31,32,34)/t22-/m0/s1. The predicted octanol–water partition coefficient (Wildman–Crippen LogP) is 4.04. The van der Waals surface area contributed by atoms with Crippen molar-refractivity contribution in [3.05, 3.63) is 66.8 Å². The molecule has 5 rings (SSSR count). The fraction of sp³-hybridized carbons (Fsp3) is 0.269. The molecule has 1 saturated heterocycles. The number of fused-ring (bicyclic) bond motifs is 1. The fourth-order valence-electron chi connectivity index (χ4n) is 4.31. The van der Waals surface area contributed by atoms with Crippen molar-refractivity contribution in [2.75, 3.05) is 32.1 Å². The minimum atomic E-state index is -0.576. The molecule has 3 aromatic heterocycles. The van der Waals surface area contributed by atoms with E-state index in [2.05, 4.69) is 36.7 Å². The van der Waals surface area contributed by atoms with Gasteiger partial charge in [0.05, 0.1) is 23.9 Å². The number of H-pyrrole nitrogens is 1. The van der Waals surface area contributed by atoms with Crippen LogP contribution in [0.3, 0.4) is 0 Å². The molecule has 10 heteroatoms. The van der Waals surface area contributed by atoms with E-state index in [0.29, 0.717) is 11.3 Å². The van der Waals surface area contributed by atoms with Gasteiger partial charge in [-0.1, -0.05) is 12.6 Å². The number of anilines is 1. The molecule has 0 spiro atoms. The van der Waals surface area contributed by atoms with Gasteiger partial charge in [-0.15, -0.1) is 0 Å². The second-order valence-electron chi connectivity index (χ2n) is 8.51. The van der Waals surface area contributed by atoms with Crippen LogP contribution in [0.4, 0.5) is 10.7 Å². The molecule has 4 aromatic rings. The van der Waals surface area contributed by atoms with Crippen LogP contribution in [-0.4, -0.2) is 68.8 Å². The first-order valence-corrected chi connectivity index (χ1v) is 11.7. The lowest BCUT2D eigenvalue weighted by atomic mass is 10.0. The second kappa shape index (κ2) is 10.2. The van der Waals surface area contributed by atoms with Crippen LogP contribution in [-0.2, 0) is 16.0 Å². The lowest BCUT2D eigenvalue weighted by Gasteiger charge is -2.14. The van der Waals surface area contributed by atoms with Crippen LogP contribution >= 0.6 is 0 Å². The molecule has 1 aliphatic rings. The number of aromatic nitrogens is 5. The Morgan fingerprint density at radius 3 is 2.75 bits per heavy atom. The SMILES string of the molecule is C=C1CN(Cc2ccc(-c3cc(-c4ncccn4)c4nc(NC(=O)OCC)[nH]c4c3)cn2)C[C@@H]1OC. The first-order chi connectivity index (χ1) is 17.5. The Hall–Kier alpha value is -4.15. The summed E-state index contributed by atoms with van der Waals surface area (Å²) < 4.78 is 10.4. The number of carbonyl (C=O) groups excluding carboxylic acids is 1. The zero-order valence-electron chi connectivity index (χ0n) is 20.2. The van der Waals surface area contributed by atoms with Crippen LogP contribution < -0.4 is 5.32 Å². The van der Waals surface area contributed by atoms with Gasteiger partial charge in [0.15, 0.2) is 5.82 Å². The number of benzene rings is 1. The molecule has 0 unspecified atom stereocenters. The van der Waals surface area contributed by atoms with Crippen molar-refractivity contribution in [1.82, 2.24) is 29.8 Å². The maximum Gasteiger partial charge on any atom is 0.413 e. The Morgan fingerprint density at radius 2 is 2.06 bits per heavy atom. The van der Waals surface area contributed by atoms with Gasteiger partial charge in [-0.2, -0.15) is 0 Å². The Balaban J connectivity index is 1.45. The molecule has 1 fully saturated rings. The Morgan fingerprint density at radius 1 is 1.22 bits per heavy atom. The van der Waals surface area contributed by atoms with E-state index < -0.39 is 6.09 Å². The largest absolute Gasteiger partial charge is 0.450 e. The van der Waals surface area contributed by atoms with Crippen molar-refractivity contribution in [3.8, 4) is 22.5 Å². The smallest absolute Gasteiger partial charge is 0.413 e. The number of imidazole rings is 1. The summed E-state index contributed by atoms with van der Waals surface area (Å²) in [5.41, 5.74) is 6.03. The van der Waals surface area contributed by atoms with Crippen molar-refractivity contribution >= 4 is 23.1 Å². The maximum absolute atomic E-state index is 11.9. The summed E-state index contributed by atoms with van der Waals surface area (Å²) in [5.74, 6) is 0.817. The zero-order chi connectivity index (χ0) is 25.1. The van der Waals surface area contributed by atoms with Crippen molar-refractivity contribution in [2.24, 2.45) is 0 Å². The lowest BCUT2D eigenvalue weighted by molar-refractivity contribution is 0.125. The number of likely N-dealkylation sites (tertiary alicyclic amines) is 1. The number of ether oxygens (including phenoxy) is 2. The molecule has 0 saturated carbocycles. The highest BCUT2D eigenvalue weighted by Gasteiger charge is 2.26. The van der Waals surface area contributed by atoms with Gasteiger partial charge in [-0.25, -0.2) is 19.7 Å². The van der Waals surface area contributed by atoms with Crippen molar-refractivity contribution in [2.45, 2.75) is 19.6 Å². The number of methoxy groups -OCH3 is 1. The Labute approximate surface area is 208 Å². The maximum atomic E-state index is 11.9. The second-order valence-corrected chi connectivity index (χ2v) is 8.51. The van der Waals surface area contributed by atoms with Gasteiger partial charge < -0.3 is 14.5 Å². The Bertz CT molecular complexity index is 1390. The van der Waals surface area contributed by atoms with Crippen molar-refractivity contribution in [3.63, 3.8) is 0 Å². The molecular formula is C26H27N7O3. The van der Waals surface area contributed by atoms with Crippen LogP contribution in [0.5, 0.6) is 0 Å². The molecule has 1 amide bonds. The molecule has 1 atom stereocenters. The molecule has 184 valence electrons. The molecule has 1 aromatic carbocycles. The van der Waals surface area contributed by atoms with Crippen LogP contribution in [0, 0.1) is 0 Å². The zero-order valence-corrected chi connectivity index (χ0v) is 20.2. The average Bonchev–Trinajstić information content (AvgIpc) is 3.46. The summed E-state index contributed by atoms with van der Waals surface area (Å²) in [5, 5.41) is 2.62. The predicted molar refractivity (Wildman–Crippen MR) is 136 cm³/mol. The summed E-state index contributed by atoms with van der Waals surface area (Å²) in [7, 11) is 1.72. The summed E-state index contributed by atoms with van der Waals surface area (Å²) >= 11 is 0. The number of hydrogen-bond donors (Lipinski definition) is 2. The van der Waals surface area contributed by atoms with Crippen molar-refractivity contribution < 1.29 is 14.3 Å². The molecule has 36 heavy (non-hydrogen) atoms. The van der Waals surface area contributed by atoms with Crippen LogP contribution in [0.1, 0.15) is 12.6 Å². The third-order valence-corrected chi connectivity index (χ3v) is 6.02. The molecule has 0 radical (unpaired) electrons. The number of nitrogens with one attached hydrogen (secondary N) is 2. The van der Waals surface area contributed by atoms with Gasteiger partial charge >= 0.3 is 6.09 Å². The topological polar surface area (TPSA) is 118 Å². The summed E-state index contributed by atoms with van der Waals surface area (Å²) in [6.45, 7) is 8.46.